The van der Waals surface area contributed by atoms with Gasteiger partial charge in [0.2, 0.25) is 0 Å². The van der Waals surface area contributed by atoms with Gasteiger partial charge in [0.1, 0.15) is 0 Å². The third-order valence-electron chi connectivity index (χ3n) is 4.71. The first kappa shape index (κ1) is 21.2. The van der Waals surface area contributed by atoms with Crippen molar-refractivity contribution < 1.29 is 21.5 Å². The smallest absolute Gasteiger partial charge is 0.195 e. The van der Waals surface area contributed by atoms with Crippen LogP contribution in [-0.4, -0.2) is 29.6 Å². The summed E-state index contributed by atoms with van der Waals surface area (Å²) in [6.07, 6.45) is 6.66. The molecule has 0 amide bonds. The minimum absolute atomic E-state index is 0. The highest BCUT2D eigenvalue weighted by Gasteiger charge is 2.50. The maximum atomic E-state index is 14.2. The Morgan fingerprint density at radius 2 is 1.79 bits per heavy atom. The van der Waals surface area contributed by atoms with Crippen molar-refractivity contribution in [3.63, 3.8) is 0 Å². The lowest BCUT2D eigenvalue weighted by molar-refractivity contribution is -0.763. The van der Waals surface area contributed by atoms with Crippen LogP contribution in [0.2, 0.25) is 0 Å². The van der Waals surface area contributed by atoms with Crippen molar-refractivity contribution in [1.82, 2.24) is 0 Å². The van der Waals surface area contributed by atoms with E-state index in [9.17, 15) is 4.57 Å². The highest BCUT2D eigenvalue weighted by molar-refractivity contribution is 7.68. The molecule has 0 fully saturated rings. The van der Waals surface area contributed by atoms with Gasteiger partial charge in [0.05, 0.1) is 19.8 Å². The third-order valence-corrected chi connectivity index (χ3v) is 9.00. The SMILES string of the molecule is CCCC[N+]1(C)C=NC=C1P(=O)(Cc1ccccc1)C(C)(C)C.[Cl-]. The number of aliphatic imine (C=N–C) groups is 1. The topological polar surface area (TPSA) is 29.4 Å². The first-order valence-corrected chi connectivity index (χ1v) is 10.4. The first-order valence-electron chi connectivity index (χ1n) is 8.47. The number of hydrogen-bond acceptors (Lipinski definition) is 2. The summed E-state index contributed by atoms with van der Waals surface area (Å²) in [6.45, 7) is 9.44. The quantitative estimate of drug-likeness (QED) is 0.560. The Kier molecular flexibility index (Phi) is 7.04. The van der Waals surface area contributed by atoms with Crippen molar-refractivity contribution in [2.24, 2.45) is 4.99 Å². The molecule has 0 spiro atoms. The van der Waals surface area contributed by atoms with E-state index in [1.807, 2.05) is 30.7 Å². The lowest BCUT2D eigenvalue weighted by Gasteiger charge is -2.38. The summed E-state index contributed by atoms with van der Waals surface area (Å²) in [5, 5.41) is -0.284. The standard InChI is InChI=1S/C19H30N2OP.ClH/c1-6-7-13-21(5)16-20-14-18(21)23(22,19(2,3)4)15-17-11-9-8-10-12-17;/h8-12,14,16H,6-7,13,15H2,1-5H3;1H/q+1;/p-1. The molecule has 1 aliphatic rings. The van der Waals surface area contributed by atoms with E-state index < -0.39 is 7.14 Å². The molecule has 0 N–H and O–H groups in total. The van der Waals surface area contributed by atoms with Gasteiger partial charge in [0, 0.05) is 11.3 Å². The molecule has 1 aliphatic heterocycles. The van der Waals surface area contributed by atoms with Crippen molar-refractivity contribution in [3.8, 4) is 0 Å². The molecule has 2 unspecified atom stereocenters. The molecule has 0 bridgehead atoms. The van der Waals surface area contributed by atoms with Gasteiger partial charge in [-0.25, -0.2) is 9.48 Å². The minimum atomic E-state index is -2.63. The van der Waals surface area contributed by atoms with E-state index >= 15 is 0 Å². The minimum Gasteiger partial charge on any atom is -1.00 e. The van der Waals surface area contributed by atoms with Gasteiger partial charge in [-0.15, -0.1) is 0 Å². The van der Waals surface area contributed by atoms with Crippen LogP contribution in [0.4, 0.5) is 0 Å². The van der Waals surface area contributed by atoms with E-state index in [1.165, 1.54) is 0 Å². The van der Waals surface area contributed by atoms with Crippen molar-refractivity contribution >= 4 is 13.5 Å². The summed E-state index contributed by atoms with van der Waals surface area (Å²) in [5.41, 5.74) is 2.14. The molecule has 24 heavy (non-hydrogen) atoms. The number of rotatable bonds is 6. The lowest BCUT2D eigenvalue weighted by Crippen LogP contribution is -3.00. The predicted octanol–water partition coefficient (Wildman–Crippen LogP) is 2.44. The van der Waals surface area contributed by atoms with Gasteiger partial charge in [-0.3, -0.25) is 0 Å². The molecule has 0 saturated heterocycles. The lowest BCUT2D eigenvalue weighted by atomic mass is 10.2. The summed E-state index contributed by atoms with van der Waals surface area (Å²) < 4.78 is 14.8. The molecule has 1 heterocycles. The number of quaternary nitrogens is 1. The Labute approximate surface area is 153 Å². The molecule has 0 saturated carbocycles. The van der Waals surface area contributed by atoms with Gasteiger partial charge >= 0.3 is 0 Å². The molecule has 1 aromatic rings. The second-order valence-corrected chi connectivity index (χ2v) is 11.2. The van der Waals surface area contributed by atoms with Crippen molar-refractivity contribution in [3.05, 3.63) is 47.5 Å². The van der Waals surface area contributed by atoms with E-state index in [-0.39, 0.29) is 17.6 Å². The first-order chi connectivity index (χ1) is 10.7. The van der Waals surface area contributed by atoms with Gasteiger partial charge < -0.3 is 17.0 Å². The van der Waals surface area contributed by atoms with E-state index in [0.29, 0.717) is 10.6 Å². The van der Waals surface area contributed by atoms with Crippen LogP contribution in [0, 0.1) is 0 Å². The van der Waals surface area contributed by atoms with Crippen LogP contribution in [0.3, 0.4) is 0 Å². The normalized spacial score (nSPS) is 22.6. The second kappa shape index (κ2) is 7.99. The van der Waals surface area contributed by atoms with Crippen LogP contribution in [0.15, 0.2) is 47.0 Å². The van der Waals surface area contributed by atoms with Crippen molar-refractivity contribution in [1.29, 1.82) is 0 Å². The van der Waals surface area contributed by atoms with Crippen LogP contribution in [0.1, 0.15) is 46.1 Å². The Hall–Kier alpha value is -0.890. The van der Waals surface area contributed by atoms with E-state index in [0.717, 1.165) is 30.4 Å². The molecular weight excluding hydrogens is 339 g/mol. The zero-order chi connectivity index (χ0) is 17.1. The van der Waals surface area contributed by atoms with Gasteiger partial charge in [-0.05, 0) is 12.0 Å². The van der Waals surface area contributed by atoms with Crippen molar-refractivity contribution in [2.45, 2.75) is 51.9 Å². The van der Waals surface area contributed by atoms with Gasteiger partial charge in [0.15, 0.2) is 18.9 Å². The van der Waals surface area contributed by atoms with Gasteiger partial charge in [0.25, 0.3) is 0 Å². The maximum Gasteiger partial charge on any atom is 0.195 e. The van der Waals surface area contributed by atoms with Crippen LogP contribution in [-0.2, 0) is 10.7 Å². The molecule has 0 radical (unpaired) electrons. The summed E-state index contributed by atoms with van der Waals surface area (Å²) in [5.74, 6) is 0. The number of halogens is 1. The summed E-state index contributed by atoms with van der Waals surface area (Å²) >= 11 is 0. The zero-order valence-corrected chi connectivity index (χ0v) is 17.1. The van der Waals surface area contributed by atoms with Gasteiger partial charge in [-0.1, -0.05) is 64.4 Å². The van der Waals surface area contributed by atoms with E-state index in [4.69, 9.17) is 0 Å². The molecule has 3 nitrogen and oxygen atoms in total. The Morgan fingerprint density at radius 1 is 1.17 bits per heavy atom. The number of benzene rings is 1. The Morgan fingerprint density at radius 3 is 2.33 bits per heavy atom. The molecule has 0 aromatic heterocycles. The Bertz CT molecular complexity index is 649. The predicted molar refractivity (Wildman–Crippen MR) is 100 cm³/mol. The van der Waals surface area contributed by atoms with Crippen LogP contribution >= 0.6 is 7.14 Å². The largest absolute Gasteiger partial charge is 1.00 e. The fourth-order valence-electron chi connectivity index (χ4n) is 3.06. The monoisotopic (exact) mass is 368 g/mol. The molecule has 0 aliphatic carbocycles. The average Bonchev–Trinajstić information content (AvgIpc) is 2.88. The molecule has 134 valence electrons. The molecule has 5 heteroatoms. The van der Waals surface area contributed by atoms with Crippen molar-refractivity contribution in [2.75, 3.05) is 13.6 Å². The fraction of sp³-hybridized carbons (Fsp3) is 0.526. The third kappa shape index (κ3) is 4.20. The number of nitrogens with zero attached hydrogens (tertiary/aromatic N) is 2. The number of hydrogen-bond donors (Lipinski definition) is 0. The fourth-order valence-corrected chi connectivity index (χ4v) is 6.25. The van der Waals surface area contributed by atoms with E-state index in [1.54, 1.807) is 0 Å². The summed E-state index contributed by atoms with van der Waals surface area (Å²) in [6, 6.07) is 10.2. The maximum absolute atomic E-state index is 14.2. The molecule has 2 rings (SSSR count). The highest BCUT2D eigenvalue weighted by atomic mass is 35.5. The Balaban J connectivity index is 0.00000288. The van der Waals surface area contributed by atoms with Crippen LogP contribution in [0.5, 0.6) is 0 Å². The second-order valence-electron chi connectivity index (χ2n) is 7.65. The van der Waals surface area contributed by atoms with Crippen LogP contribution < -0.4 is 12.4 Å². The van der Waals surface area contributed by atoms with E-state index in [2.05, 4.69) is 51.9 Å². The number of unbranched alkanes of at least 4 members (excludes halogenated alkanes) is 1. The van der Waals surface area contributed by atoms with Gasteiger partial charge in [-0.2, -0.15) is 0 Å². The highest BCUT2D eigenvalue weighted by Crippen LogP contribution is 2.68. The zero-order valence-electron chi connectivity index (χ0n) is 15.5. The molecular formula is C19H30ClN2OP. The molecule has 2 atom stereocenters. The van der Waals surface area contributed by atoms with Crippen LogP contribution in [0.25, 0.3) is 0 Å². The average molecular weight is 369 g/mol. The summed E-state index contributed by atoms with van der Waals surface area (Å²) in [7, 11) is -0.486. The molecule has 1 aromatic carbocycles. The summed E-state index contributed by atoms with van der Waals surface area (Å²) in [4.78, 5) is 4.41.